The van der Waals surface area contributed by atoms with Gasteiger partial charge in [-0.3, -0.25) is 4.79 Å². The second-order valence-corrected chi connectivity index (χ2v) is 6.42. The van der Waals surface area contributed by atoms with E-state index in [4.69, 9.17) is 9.47 Å². The Labute approximate surface area is 147 Å². The van der Waals surface area contributed by atoms with Crippen LogP contribution in [0, 0.1) is 0 Å². The van der Waals surface area contributed by atoms with E-state index in [-0.39, 0.29) is 12.5 Å². The summed E-state index contributed by atoms with van der Waals surface area (Å²) in [6, 6.07) is 16.9. The van der Waals surface area contributed by atoms with Crippen LogP contribution >= 0.6 is 0 Å². The van der Waals surface area contributed by atoms with E-state index >= 15 is 0 Å². The highest BCUT2D eigenvalue weighted by molar-refractivity contribution is 5.79. The van der Waals surface area contributed by atoms with E-state index in [0.29, 0.717) is 25.9 Å². The van der Waals surface area contributed by atoms with Crippen LogP contribution < -0.4 is 9.47 Å². The van der Waals surface area contributed by atoms with Crippen molar-refractivity contribution in [1.29, 1.82) is 0 Å². The molecule has 1 aliphatic rings. The number of β-amino-alcohol motifs (C(OH)–C–C–N with tert-alkyl or cyclic N) is 1. The first kappa shape index (κ1) is 17.3. The van der Waals surface area contributed by atoms with E-state index < -0.39 is 5.60 Å². The predicted octanol–water partition coefficient (Wildman–Crippen LogP) is 2.28. The van der Waals surface area contributed by atoms with Gasteiger partial charge in [0, 0.05) is 6.54 Å². The zero-order valence-corrected chi connectivity index (χ0v) is 14.4. The number of rotatable bonds is 6. The molecular weight excluding hydrogens is 318 g/mol. The first-order valence-corrected chi connectivity index (χ1v) is 8.39. The van der Waals surface area contributed by atoms with Gasteiger partial charge >= 0.3 is 0 Å². The lowest BCUT2D eigenvalue weighted by molar-refractivity contribution is -0.130. The first-order valence-electron chi connectivity index (χ1n) is 8.39. The number of para-hydroxylation sites is 1. The summed E-state index contributed by atoms with van der Waals surface area (Å²) in [4.78, 5) is 14.2. The van der Waals surface area contributed by atoms with Gasteiger partial charge in [-0.05, 0) is 36.2 Å². The summed E-state index contributed by atoms with van der Waals surface area (Å²) in [5, 5.41) is 10.7. The molecule has 1 amide bonds. The lowest BCUT2D eigenvalue weighted by atomic mass is 10.1. The number of carbonyl (C=O) groups excluding carboxylic acids is 1. The molecular formula is C20H23NO4. The molecule has 1 saturated heterocycles. The standard InChI is InChI=1S/C20H23NO4/c1-24-17-9-7-16(8-10-17)13-19(22)21-12-11-20(23,14-21)15-25-18-5-3-2-4-6-18/h2-10,23H,11-15H2,1H3/t20-/m1/s1. The van der Waals surface area contributed by atoms with Crippen molar-refractivity contribution in [3.63, 3.8) is 0 Å². The molecule has 2 aromatic rings. The highest BCUT2D eigenvalue weighted by atomic mass is 16.5. The summed E-state index contributed by atoms with van der Waals surface area (Å²) in [7, 11) is 1.61. The first-order chi connectivity index (χ1) is 12.1. The molecule has 1 atom stereocenters. The van der Waals surface area contributed by atoms with Gasteiger partial charge < -0.3 is 19.5 Å². The number of methoxy groups -OCH3 is 1. The topological polar surface area (TPSA) is 59.0 Å². The molecule has 0 aliphatic carbocycles. The van der Waals surface area contributed by atoms with Crippen molar-refractivity contribution in [2.75, 3.05) is 26.8 Å². The number of ether oxygens (including phenoxy) is 2. The SMILES string of the molecule is COc1ccc(CC(=O)N2CC[C@](O)(COc3ccccc3)C2)cc1. The maximum Gasteiger partial charge on any atom is 0.227 e. The molecule has 5 heteroatoms. The normalized spacial score (nSPS) is 19.7. The maximum absolute atomic E-state index is 12.5. The highest BCUT2D eigenvalue weighted by Crippen LogP contribution is 2.24. The van der Waals surface area contributed by atoms with Gasteiger partial charge in [-0.25, -0.2) is 0 Å². The monoisotopic (exact) mass is 341 g/mol. The fraction of sp³-hybridized carbons (Fsp3) is 0.350. The molecule has 25 heavy (non-hydrogen) atoms. The summed E-state index contributed by atoms with van der Waals surface area (Å²) in [5.41, 5.74) is -0.0624. The van der Waals surface area contributed by atoms with E-state index in [1.54, 1.807) is 12.0 Å². The van der Waals surface area contributed by atoms with Crippen molar-refractivity contribution in [1.82, 2.24) is 4.90 Å². The average Bonchev–Trinajstić information content (AvgIpc) is 3.04. The molecule has 1 heterocycles. The van der Waals surface area contributed by atoms with E-state index in [1.807, 2.05) is 54.6 Å². The third-order valence-electron chi connectivity index (χ3n) is 4.45. The third-order valence-corrected chi connectivity index (χ3v) is 4.45. The Balaban J connectivity index is 1.53. The molecule has 1 aliphatic heterocycles. The molecule has 2 aromatic carbocycles. The Hall–Kier alpha value is -2.53. The van der Waals surface area contributed by atoms with E-state index in [1.165, 1.54) is 0 Å². The second kappa shape index (κ2) is 7.57. The maximum atomic E-state index is 12.5. The lowest BCUT2D eigenvalue weighted by Gasteiger charge is -2.23. The van der Waals surface area contributed by atoms with Crippen molar-refractivity contribution in [3.8, 4) is 11.5 Å². The molecule has 0 spiro atoms. The van der Waals surface area contributed by atoms with Crippen LogP contribution in [0.2, 0.25) is 0 Å². The molecule has 3 rings (SSSR count). The minimum atomic E-state index is -0.995. The fourth-order valence-electron chi connectivity index (χ4n) is 2.95. The van der Waals surface area contributed by atoms with E-state index in [2.05, 4.69) is 0 Å². The number of likely N-dealkylation sites (tertiary alicyclic amines) is 1. The minimum Gasteiger partial charge on any atom is -0.497 e. The quantitative estimate of drug-likeness (QED) is 0.876. The summed E-state index contributed by atoms with van der Waals surface area (Å²) >= 11 is 0. The lowest BCUT2D eigenvalue weighted by Crippen LogP contribution is -2.41. The zero-order valence-electron chi connectivity index (χ0n) is 14.4. The number of aliphatic hydroxyl groups is 1. The zero-order chi connectivity index (χ0) is 17.7. The molecule has 5 nitrogen and oxygen atoms in total. The van der Waals surface area contributed by atoms with E-state index in [0.717, 1.165) is 17.1 Å². The minimum absolute atomic E-state index is 0.0146. The Morgan fingerprint density at radius 2 is 1.84 bits per heavy atom. The van der Waals surface area contributed by atoms with Gasteiger partial charge in [-0.1, -0.05) is 30.3 Å². The number of benzene rings is 2. The Morgan fingerprint density at radius 3 is 2.52 bits per heavy atom. The largest absolute Gasteiger partial charge is 0.497 e. The average molecular weight is 341 g/mol. The van der Waals surface area contributed by atoms with Crippen LogP contribution in [0.15, 0.2) is 54.6 Å². The Kier molecular flexibility index (Phi) is 5.24. The van der Waals surface area contributed by atoms with Gasteiger partial charge in [0.15, 0.2) is 0 Å². The Morgan fingerprint density at radius 1 is 1.12 bits per heavy atom. The molecule has 0 aromatic heterocycles. The Bertz CT molecular complexity index is 701. The predicted molar refractivity (Wildman–Crippen MR) is 94.8 cm³/mol. The molecule has 0 radical (unpaired) electrons. The summed E-state index contributed by atoms with van der Waals surface area (Å²) in [6.45, 7) is 1.03. The van der Waals surface area contributed by atoms with Crippen LogP contribution in [0.4, 0.5) is 0 Å². The number of hydrogen-bond donors (Lipinski definition) is 1. The molecule has 1 fully saturated rings. The van der Waals surface area contributed by atoms with Gasteiger partial charge in [-0.15, -0.1) is 0 Å². The van der Waals surface area contributed by atoms with Crippen molar-refractivity contribution in [2.45, 2.75) is 18.4 Å². The smallest absolute Gasteiger partial charge is 0.227 e. The van der Waals surface area contributed by atoms with Crippen molar-refractivity contribution in [2.24, 2.45) is 0 Å². The summed E-state index contributed by atoms with van der Waals surface area (Å²) in [5.74, 6) is 1.50. The van der Waals surface area contributed by atoms with Crippen LogP contribution in [-0.4, -0.2) is 48.3 Å². The molecule has 1 N–H and O–H groups in total. The van der Waals surface area contributed by atoms with Crippen molar-refractivity contribution < 1.29 is 19.4 Å². The molecule has 0 unspecified atom stereocenters. The number of amides is 1. The van der Waals surface area contributed by atoms with Crippen LogP contribution in [0.3, 0.4) is 0 Å². The second-order valence-electron chi connectivity index (χ2n) is 6.42. The van der Waals surface area contributed by atoms with Gasteiger partial charge in [0.1, 0.15) is 23.7 Å². The molecule has 132 valence electrons. The van der Waals surface area contributed by atoms with Crippen LogP contribution in [-0.2, 0) is 11.2 Å². The van der Waals surface area contributed by atoms with Crippen LogP contribution in [0.1, 0.15) is 12.0 Å². The van der Waals surface area contributed by atoms with Gasteiger partial charge in [0.2, 0.25) is 5.91 Å². The highest BCUT2D eigenvalue weighted by Gasteiger charge is 2.38. The third kappa shape index (κ3) is 4.51. The fourth-order valence-corrected chi connectivity index (χ4v) is 2.95. The van der Waals surface area contributed by atoms with Gasteiger partial charge in [0.05, 0.1) is 20.1 Å². The van der Waals surface area contributed by atoms with Gasteiger partial charge in [-0.2, -0.15) is 0 Å². The number of nitrogens with zero attached hydrogens (tertiary/aromatic N) is 1. The number of hydrogen-bond acceptors (Lipinski definition) is 4. The van der Waals surface area contributed by atoms with E-state index in [9.17, 15) is 9.90 Å². The summed E-state index contributed by atoms with van der Waals surface area (Å²) < 4.78 is 10.8. The van der Waals surface area contributed by atoms with Crippen molar-refractivity contribution >= 4 is 5.91 Å². The van der Waals surface area contributed by atoms with Crippen LogP contribution in [0.5, 0.6) is 11.5 Å². The summed E-state index contributed by atoms with van der Waals surface area (Å²) in [6.07, 6.45) is 0.841. The number of carbonyl (C=O) groups is 1. The molecule has 0 saturated carbocycles. The van der Waals surface area contributed by atoms with Crippen molar-refractivity contribution in [3.05, 3.63) is 60.2 Å². The van der Waals surface area contributed by atoms with Gasteiger partial charge in [0.25, 0.3) is 0 Å². The molecule has 0 bridgehead atoms. The van der Waals surface area contributed by atoms with Crippen LogP contribution in [0.25, 0.3) is 0 Å².